The van der Waals surface area contributed by atoms with Gasteiger partial charge in [0, 0.05) is 11.8 Å². The number of rotatable bonds is 3. The minimum absolute atomic E-state index is 0.0733. The van der Waals surface area contributed by atoms with Gasteiger partial charge in [0.2, 0.25) is 0 Å². The van der Waals surface area contributed by atoms with Crippen LogP contribution in [0.2, 0.25) is 0 Å². The van der Waals surface area contributed by atoms with Crippen LogP contribution in [0.25, 0.3) is 0 Å². The third kappa shape index (κ3) is 3.14. The van der Waals surface area contributed by atoms with Crippen LogP contribution in [0.1, 0.15) is 28.4 Å². The van der Waals surface area contributed by atoms with Gasteiger partial charge < -0.3 is 0 Å². The molecule has 2 heteroatoms. The monoisotopic (exact) mass is 237 g/mol. The van der Waals surface area contributed by atoms with E-state index in [0.29, 0.717) is 5.56 Å². The van der Waals surface area contributed by atoms with Gasteiger partial charge in [0.25, 0.3) is 0 Å². The summed E-state index contributed by atoms with van der Waals surface area (Å²) in [6.07, 6.45) is 1.83. The molecular formula is C16H15NO. The summed E-state index contributed by atoms with van der Waals surface area (Å²) in [5.74, 6) is 0.0733. The summed E-state index contributed by atoms with van der Waals surface area (Å²) in [5.41, 5.74) is 3.85. The molecule has 0 saturated carbocycles. The minimum atomic E-state index is 0.0733. The van der Waals surface area contributed by atoms with Crippen molar-refractivity contribution in [2.45, 2.75) is 13.8 Å². The number of hydrogen-bond donors (Lipinski definition) is 0. The molecule has 0 saturated heterocycles. The highest BCUT2D eigenvalue weighted by molar-refractivity contribution is 5.94. The molecule has 0 aromatic heterocycles. The average molecular weight is 237 g/mol. The summed E-state index contributed by atoms with van der Waals surface area (Å²) in [7, 11) is 0. The van der Waals surface area contributed by atoms with E-state index in [0.717, 1.165) is 11.3 Å². The molecule has 2 aromatic carbocycles. The van der Waals surface area contributed by atoms with Crippen molar-refractivity contribution in [3.63, 3.8) is 0 Å². The Labute approximate surface area is 107 Å². The molecular weight excluding hydrogens is 222 g/mol. The molecule has 0 aliphatic heterocycles. The van der Waals surface area contributed by atoms with Crippen LogP contribution in [0.3, 0.4) is 0 Å². The number of aliphatic imine (C=N–C) groups is 1. The van der Waals surface area contributed by atoms with E-state index in [1.807, 2.05) is 30.5 Å². The quantitative estimate of drug-likeness (QED) is 0.587. The number of aryl methyl sites for hydroxylation is 1. The first-order valence-corrected chi connectivity index (χ1v) is 5.87. The van der Waals surface area contributed by atoms with Crippen molar-refractivity contribution in [1.29, 1.82) is 0 Å². The largest absolute Gasteiger partial charge is 0.295 e. The maximum absolute atomic E-state index is 11.1. The number of carbonyl (C=O) groups excluding carboxylic acids is 1. The third-order valence-corrected chi connectivity index (χ3v) is 2.68. The van der Waals surface area contributed by atoms with Gasteiger partial charge in [-0.05, 0) is 43.7 Å². The molecule has 0 N–H and O–H groups in total. The molecule has 0 aliphatic carbocycles. The van der Waals surface area contributed by atoms with Gasteiger partial charge in [0.05, 0.1) is 5.69 Å². The number of ketones is 1. The summed E-state index contributed by atoms with van der Waals surface area (Å²) in [6, 6.07) is 15.4. The Morgan fingerprint density at radius 2 is 1.83 bits per heavy atom. The van der Waals surface area contributed by atoms with E-state index < -0.39 is 0 Å². The zero-order valence-corrected chi connectivity index (χ0v) is 10.6. The Kier molecular flexibility index (Phi) is 3.68. The highest BCUT2D eigenvalue weighted by Gasteiger charge is 1.97. The van der Waals surface area contributed by atoms with E-state index in [1.165, 1.54) is 5.56 Å². The first-order chi connectivity index (χ1) is 8.65. The van der Waals surface area contributed by atoms with Gasteiger partial charge in [-0.3, -0.25) is 9.79 Å². The van der Waals surface area contributed by atoms with Crippen LogP contribution >= 0.6 is 0 Å². The third-order valence-electron chi connectivity index (χ3n) is 2.68. The Bertz CT molecular complexity index is 582. The highest BCUT2D eigenvalue weighted by atomic mass is 16.1. The molecule has 2 nitrogen and oxygen atoms in total. The number of nitrogens with zero attached hydrogens (tertiary/aromatic N) is 1. The van der Waals surface area contributed by atoms with Gasteiger partial charge in [-0.25, -0.2) is 0 Å². The summed E-state index contributed by atoms with van der Waals surface area (Å²) in [5, 5.41) is 0. The Balaban J connectivity index is 2.16. The van der Waals surface area contributed by atoms with Gasteiger partial charge in [-0.2, -0.15) is 0 Å². The van der Waals surface area contributed by atoms with E-state index in [-0.39, 0.29) is 5.78 Å². The lowest BCUT2D eigenvalue weighted by molar-refractivity contribution is 0.101. The van der Waals surface area contributed by atoms with Gasteiger partial charge in [-0.15, -0.1) is 0 Å². The van der Waals surface area contributed by atoms with Crippen LogP contribution in [-0.2, 0) is 0 Å². The zero-order valence-electron chi connectivity index (χ0n) is 10.6. The normalized spacial score (nSPS) is 10.8. The topological polar surface area (TPSA) is 29.4 Å². The predicted molar refractivity (Wildman–Crippen MR) is 74.9 cm³/mol. The summed E-state index contributed by atoms with van der Waals surface area (Å²) >= 11 is 0. The lowest BCUT2D eigenvalue weighted by atomic mass is 10.1. The Hall–Kier alpha value is -2.22. The Morgan fingerprint density at radius 3 is 2.44 bits per heavy atom. The second kappa shape index (κ2) is 5.41. The predicted octanol–water partition coefficient (Wildman–Crippen LogP) is 3.95. The van der Waals surface area contributed by atoms with Crippen molar-refractivity contribution < 1.29 is 4.79 Å². The van der Waals surface area contributed by atoms with Crippen LogP contribution in [0.5, 0.6) is 0 Å². The van der Waals surface area contributed by atoms with E-state index in [9.17, 15) is 4.79 Å². The van der Waals surface area contributed by atoms with Crippen LogP contribution < -0.4 is 0 Å². The lowest BCUT2D eigenvalue weighted by Crippen LogP contribution is -1.89. The lowest BCUT2D eigenvalue weighted by Gasteiger charge is -1.97. The molecule has 0 bridgehead atoms. The first-order valence-electron chi connectivity index (χ1n) is 5.87. The van der Waals surface area contributed by atoms with Crippen molar-refractivity contribution in [2.75, 3.05) is 0 Å². The molecule has 0 spiro atoms. The van der Waals surface area contributed by atoms with E-state index in [2.05, 4.69) is 24.0 Å². The number of Topliss-reactive ketones (excluding diaryl/α,β-unsaturated/α-hetero) is 1. The maximum atomic E-state index is 11.1. The SMILES string of the molecule is CC(=O)c1ccc(N=Cc2cccc(C)c2)cc1. The second-order valence-electron chi connectivity index (χ2n) is 4.28. The smallest absolute Gasteiger partial charge is 0.159 e. The second-order valence-corrected chi connectivity index (χ2v) is 4.28. The standard InChI is InChI=1S/C16H15NO/c1-12-4-3-5-14(10-12)11-17-16-8-6-15(7-9-16)13(2)18/h3-11H,1-2H3. The molecule has 0 fully saturated rings. The highest BCUT2D eigenvalue weighted by Crippen LogP contribution is 2.13. The van der Waals surface area contributed by atoms with Gasteiger partial charge >= 0.3 is 0 Å². The molecule has 2 rings (SSSR count). The fraction of sp³-hybridized carbons (Fsp3) is 0.125. The van der Waals surface area contributed by atoms with Gasteiger partial charge in [0.15, 0.2) is 5.78 Å². The van der Waals surface area contributed by atoms with Gasteiger partial charge in [-0.1, -0.05) is 29.8 Å². The average Bonchev–Trinajstić information content (AvgIpc) is 2.37. The molecule has 0 atom stereocenters. The molecule has 0 radical (unpaired) electrons. The van der Waals surface area contributed by atoms with E-state index >= 15 is 0 Å². The van der Waals surface area contributed by atoms with Crippen molar-refractivity contribution in [3.8, 4) is 0 Å². The van der Waals surface area contributed by atoms with Crippen molar-refractivity contribution in [1.82, 2.24) is 0 Å². The first kappa shape index (κ1) is 12.2. The van der Waals surface area contributed by atoms with Crippen LogP contribution in [0.15, 0.2) is 53.5 Å². The number of benzene rings is 2. The summed E-state index contributed by atoms with van der Waals surface area (Å²) in [6.45, 7) is 3.62. The fourth-order valence-corrected chi connectivity index (χ4v) is 1.68. The van der Waals surface area contributed by atoms with E-state index in [4.69, 9.17) is 0 Å². The van der Waals surface area contributed by atoms with E-state index in [1.54, 1.807) is 19.1 Å². The molecule has 2 aromatic rings. The molecule has 18 heavy (non-hydrogen) atoms. The van der Waals surface area contributed by atoms with Crippen molar-refractivity contribution in [3.05, 3.63) is 65.2 Å². The number of hydrogen-bond acceptors (Lipinski definition) is 2. The summed E-state index contributed by atoms with van der Waals surface area (Å²) in [4.78, 5) is 15.5. The Morgan fingerprint density at radius 1 is 1.11 bits per heavy atom. The number of carbonyl (C=O) groups is 1. The van der Waals surface area contributed by atoms with Crippen molar-refractivity contribution in [2.24, 2.45) is 4.99 Å². The van der Waals surface area contributed by atoms with Crippen LogP contribution in [0.4, 0.5) is 5.69 Å². The molecule has 0 aliphatic rings. The molecule has 90 valence electrons. The van der Waals surface area contributed by atoms with Crippen LogP contribution in [-0.4, -0.2) is 12.0 Å². The minimum Gasteiger partial charge on any atom is -0.295 e. The molecule has 0 unspecified atom stereocenters. The molecule has 0 heterocycles. The van der Waals surface area contributed by atoms with Gasteiger partial charge in [0.1, 0.15) is 0 Å². The van der Waals surface area contributed by atoms with Crippen molar-refractivity contribution >= 4 is 17.7 Å². The zero-order chi connectivity index (χ0) is 13.0. The van der Waals surface area contributed by atoms with Crippen LogP contribution in [0, 0.1) is 6.92 Å². The molecule has 0 amide bonds. The summed E-state index contributed by atoms with van der Waals surface area (Å²) < 4.78 is 0. The maximum Gasteiger partial charge on any atom is 0.159 e. The fourth-order valence-electron chi connectivity index (χ4n) is 1.68.